The van der Waals surface area contributed by atoms with E-state index in [1.165, 1.54) is 28.0 Å². The molecule has 0 bridgehead atoms. The molecule has 3 N–H and O–H groups in total. The first-order chi connectivity index (χ1) is 13.0. The molecule has 0 atom stereocenters. The minimum Gasteiger partial charge on any atom is -0.494 e. The third-order valence-corrected chi connectivity index (χ3v) is 6.15. The number of hydrogen-bond acceptors (Lipinski definition) is 6. The van der Waals surface area contributed by atoms with Gasteiger partial charge >= 0.3 is 0 Å². The summed E-state index contributed by atoms with van der Waals surface area (Å²) in [6, 6.07) is 2.06. The molecule has 0 unspecified atom stereocenters. The van der Waals surface area contributed by atoms with Gasteiger partial charge < -0.3 is 5.11 Å². The summed E-state index contributed by atoms with van der Waals surface area (Å²) in [7, 11) is 0. The van der Waals surface area contributed by atoms with Crippen LogP contribution in [0.3, 0.4) is 0 Å². The summed E-state index contributed by atoms with van der Waals surface area (Å²) in [5.74, 6) is -0.229. The van der Waals surface area contributed by atoms with Crippen molar-refractivity contribution in [2.45, 2.75) is 37.3 Å². The Labute approximate surface area is 165 Å². The third-order valence-electron chi connectivity index (χ3n) is 4.78. The van der Waals surface area contributed by atoms with Crippen LogP contribution >= 0.6 is 24.0 Å². The highest BCUT2D eigenvalue weighted by Crippen LogP contribution is 2.41. The Morgan fingerprint density at radius 3 is 3.00 bits per heavy atom. The van der Waals surface area contributed by atoms with Crippen molar-refractivity contribution >= 4 is 35.8 Å². The zero-order chi connectivity index (χ0) is 19.1. The van der Waals surface area contributed by atoms with E-state index in [1.54, 1.807) is 6.08 Å². The van der Waals surface area contributed by atoms with Crippen molar-refractivity contribution in [2.75, 3.05) is 0 Å². The lowest BCUT2D eigenvalue weighted by Gasteiger charge is -2.15. The molecule has 2 aromatic rings. The minimum atomic E-state index is -0.484. The summed E-state index contributed by atoms with van der Waals surface area (Å²) in [5, 5.41) is 19.8. The van der Waals surface area contributed by atoms with Crippen molar-refractivity contribution in [1.29, 1.82) is 5.41 Å². The second-order valence-corrected chi connectivity index (χ2v) is 7.95. The molecule has 138 valence electrons. The number of aromatic amines is 1. The lowest BCUT2D eigenvalue weighted by atomic mass is 9.94. The molecule has 3 heterocycles. The molecular weight excluding hydrogens is 380 g/mol. The van der Waals surface area contributed by atoms with E-state index in [2.05, 4.69) is 17.6 Å². The number of aryl methyl sites for hydroxylation is 2. The summed E-state index contributed by atoms with van der Waals surface area (Å²) in [4.78, 5) is 20.2. The Balaban J connectivity index is 1.79. The molecule has 1 aliphatic heterocycles. The SMILES string of the molecule is C=CCn1c(O)c(C=C2Sc3nc4c(cc3C2=N)CCCC4)c(=O)[nH]c1=S. The van der Waals surface area contributed by atoms with Crippen LogP contribution in [0, 0.1) is 10.2 Å². The average molecular weight is 399 g/mol. The number of thioether (sulfide) groups is 1. The number of nitrogens with one attached hydrogen (secondary N) is 2. The fourth-order valence-corrected chi connectivity index (χ4v) is 4.67. The van der Waals surface area contributed by atoms with E-state index in [0.717, 1.165) is 42.0 Å². The maximum atomic E-state index is 12.3. The lowest BCUT2D eigenvalue weighted by molar-refractivity contribution is 0.412. The highest BCUT2D eigenvalue weighted by Gasteiger charge is 2.27. The van der Waals surface area contributed by atoms with Gasteiger partial charge in [0.1, 0.15) is 10.6 Å². The molecule has 0 radical (unpaired) electrons. The molecule has 6 nitrogen and oxygen atoms in total. The quantitative estimate of drug-likeness (QED) is 0.543. The monoisotopic (exact) mass is 398 g/mol. The molecule has 4 rings (SSSR count). The van der Waals surface area contributed by atoms with E-state index in [1.807, 2.05) is 0 Å². The van der Waals surface area contributed by atoms with Gasteiger partial charge in [0.25, 0.3) is 5.56 Å². The predicted molar refractivity (Wildman–Crippen MR) is 109 cm³/mol. The topological polar surface area (TPSA) is 94.8 Å². The van der Waals surface area contributed by atoms with Crippen molar-refractivity contribution in [3.8, 4) is 5.88 Å². The van der Waals surface area contributed by atoms with Gasteiger partial charge in [-0.05, 0) is 55.6 Å². The molecule has 0 amide bonds. The number of aromatic nitrogens is 3. The first kappa shape index (κ1) is 17.9. The van der Waals surface area contributed by atoms with Gasteiger partial charge in [0.05, 0.1) is 5.71 Å². The predicted octanol–water partition coefficient (Wildman–Crippen LogP) is 3.59. The summed E-state index contributed by atoms with van der Waals surface area (Å²) < 4.78 is 1.52. The normalized spacial score (nSPS) is 17.0. The summed E-state index contributed by atoms with van der Waals surface area (Å²) in [6.45, 7) is 3.91. The third kappa shape index (κ3) is 3.08. The smallest absolute Gasteiger partial charge is 0.262 e. The lowest BCUT2D eigenvalue weighted by Crippen LogP contribution is -2.16. The highest BCUT2D eigenvalue weighted by atomic mass is 32.2. The van der Waals surface area contributed by atoms with Crippen molar-refractivity contribution in [3.63, 3.8) is 0 Å². The maximum absolute atomic E-state index is 12.3. The van der Waals surface area contributed by atoms with Crippen molar-refractivity contribution in [2.24, 2.45) is 0 Å². The molecule has 0 aromatic carbocycles. The number of allylic oxidation sites excluding steroid dienone is 2. The van der Waals surface area contributed by atoms with Crippen LogP contribution in [-0.4, -0.2) is 25.4 Å². The van der Waals surface area contributed by atoms with Gasteiger partial charge in [0, 0.05) is 22.7 Å². The van der Waals surface area contributed by atoms with E-state index in [0.29, 0.717) is 10.6 Å². The van der Waals surface area contributed by atoms with E-state index >= 15 is 0 Å². The van der Waals surface area contributed by atoms with Crippen LogP contribution in [0.5, 0.6) is 5.88 Å². The zero-order valence-electron chi connectivity index (χ0n) is 14.5. The second kappa shape index (κ2) is 6.94. The van der Waals surface area contributed by atoms with Gasteiger partial charge in [-0.1, -0.05) is 17.8 Å². The summed E-state index contributed by atoms with van der Waals surface area (Å²) >= 11 is 6.46. The van der Waals surface area contributed by atoms with E-state index in [-0.39, 0.29) is 22.8 Å². The molecular formula is C19H18N4O2S2. The van der Waals surface area contributed by atoms with E-state index < -0.39 is 5.56 Å². The Hall–Kier alpha value is -2.45. The number of rotatable bonds is 3. The Morgan fingerprint density at radius 2 is 2.22 bits per heavy atom. The number of nitrogens with zero attached hydrogens (tertiary/aromatic N) is 2. The molecule has 0 saturated heterocycles. The molecule has 0 fully saturated rings. The van der Waals surface area contributed by atoms with Crippen LogP contribution in [-0.2, 0) is 19.4 Å². The molecule has 27 heavy (non-hydrogen) atoms. The Kier molecular flexibility index (Phi) is 4.61. The van der Waals surface area contributed by atoms with Crippen molar-refractivity contribution in [3.05, 3.63) is 61.1 Å². The van der Waals surface area contributed by atoms with Gasteiger partial charge in [-0.15, -0.1) is 6.58 Å². The fraction of sp³-hybridized carbons (Fsp3) is 0.263. The molecule has 8 heteroatoms. The zero-order valence-corrected chi connectivity index (χ0v) is 16.2. The number of aromatic hydroxyl groups is 1. The highest BCUT2D eigenvalue weighted by molar-refractivity contribution is 8.04. The van der Waals surface area contributed by atoms with Crippen LogP contribution in [0.25, 0.3) is 6.08 Å². The van der Waals surface area contributed by atoms with Gasteiger partial charge in [-0.25, -0.2) is 4.98 Å². The maximum Gasteiger partial charge on any atom is 0.262 e. The van der Waals surface area contributed by atoms with Crippen LogP contribution in [0.4, 0.5) is 0 Å². The number of pyridine rings is 1. The Bertz CT molecular complexity index is 1130. The van der Waals surface area contributed by atoms with Crippen LogP contribution in [0.15, 0.2) is 33.4 Å². The summed E-state index contributed by atoms with van der Waals surface area (Å²) in [5.41, 5.74) is 3.04. The van der Waals surface area contributed by atoms with Crippen LogP contribution in [0.2, 0.25) is 0 Å². The Morgan fingerprint density at radius 1 is 1.44 bits per heavy atom. The van der Waals surface area contributed by atoms with Gasteiger partial charge in [0.2, 0.25) is 5.88 Å². The van der Waals surface area contributed by atoms with Crippen LogP contribution in [0.1, 0.15) is 35.2 Å². The first-order valence-electron chi connectivity index (χ1n) is 8.68. The van der Waals surface area contributed by atoms with E-state index in [9.17, 15) is 9.90 Å². The van der Waals surface area contributed by atoms with Gasteiger partial charge in [-0.2, -0.15) is 0 Å². The number of fused-ring (bicyclic) bond motifs is 2. The number of H-pyrrole nitrogens is 1. The van der Waals surface area contributed by atoms with Crippen LogP contribution < -0.4 is 5.56 Å². The van der Waals surface area contributed by atoms with Gasteiger partial charge in [-0.3, -0.25) is 19.8 Å². The molecule has 2 aromatic heterocycles. The standard InChI is InChI=1S/C19H18N4O2S2/c1-2-7-23-18(25)12(16(24)22-19(23)26)9-14-15(20)11-8-10-5-3-4-6-13(10)21-17(11)27-14/h2,8-9,20,25H,1,3-7H2,(H,22,24,26). The second-order valence-electron chi connectivity index (χ2n) is 6.54. The molecule has 0 saturated carbocycles. The van der Waals surface area contributed by atoms with E-state index in [4.69, 9.17) is 22.6 Å². The molecule has 0 spiro atoms. The fourth-order valence-electron chi connectivity index (χ4n) is 3.40. The molecule has 1 aliphatic carbocycles. The largest absolute Gasteiger partial charge is 0.494 e. The van der Waals surface area contributed by atoms with Gasteiger partial charge in [0.15, 0.2) is 4.77 Å². The first-order valence-corrected chi connectivity index (χ1v) is 9.90. The average Bonchev–Trinajstić information content (AvgIpc) is 2.95. The minimum absolute atomic E-state index is 0.0790. The van der Waals surface area contributed by atoms with Crippen molar-refractivity contribution in [1.82, 2.24) is 14.5 Å². The number of hydrogen-bond donors (Lipinski definition) is 3. The molecule has 2 aliphatic rings. The van der Waals surface area contributed by atoms with Crippen molar-refractivity contribution < 1.29 is 5.11 Å². The summed E-state index contributed by atoms with van der Waals surface area (Å²) in [6.07, 6.45) is 7.38.